The number of nitrogen functional groups attached to an aromatic ring is 1. The van der Waals surface area contributed by atoms with Crippen molar-refractivity contribution in [1.29, 1.82) is 0 Å². The Bertz CT molecular complexity index is 509. The Kier molecular flexibility index (Phi) is 4.73. The zero-order valence-electron chi connectivity index (χ0n) is 10.1. The number of rotatable bonds is 5. The minimum Gasteiger partial charge on any atom is -0.395 e. The third-order valence-corrected chi connectivity index (χ3v) is 2.45. The minimum absolute atomic E-state index is 0.00124. The lowest BCUT2D eigenvalue weighted by Crippen LogP contribution is -2.30. The fraction of sp³-hybridized carbons (Fsp3) is 0.300. The van der Waals surface area contributed by atoms with Crippen molar-refractivity contribution in [3.05, 3.63) is 33.6 Å². The van der Waals surface area contributed by atoms with Gasteiger partial charge in [0, 0.05) is 13.6 Å². The molecule has 104 valence electrons. The van der Waals surface area contributed by atoms with E-state index >= 15 is 0 Å². The molecule has 1 rings (SSSR count). The van der Waals surface area contributed by atoms with Crippen molar-refractivity contribution < 1.29 is 19.2 Å². The van der Waals surface area contributed by atoms with E-state index in [4.69, 9.17) is 10.9 Å². The molecule has 0 aliphatic heterocycles. The number of likely N-dealkylation sites (N-methyl/N-ethyl adjacent to an activating group) is 1. The normalized spacial score (nSPS) is 10.1. The van der Waals surface area contributed by atoms with Gasteiger partial charge < -0.3 is 15.4 Å². The number of hydrogen-bond donors (Lipinski definition) is 3. The maximum atomic E-state index is 13.4. The first-order valence-corrected chi connectivity index (χ1v) is 5.23. The Morgan fingerprint density at radius 1 is 1.63 bits per heavy atom. The fourth-order valence-electron chi connectivity index (χ4n) is 1.45. The van der Waals surface area contributed by atoms with Crippen LogP contribution in [-0.2, 0) is 0 Å². The van der Waals surface area contributed by atoms with Crippen LogP contribution in [0.25, 0.3) is 0 Å². The predicted molar refractivity (Wildman–Crippen MR) is 64.9 cm³/mol. The maximum Gasteiger partial charge on any atom is 0.285 e. The standard InChI is InChI=1S/C10H13FN4O4/c1-14(2-3-16)10(17)6-4-8(13-12)7(11)5-9(6)15(18)19/h4-5,13,16H,2-3,12H2,1H3. The molecule has 0 atom stereocenters. The molecule has 9 heteroatoms. The van der Waals surface area contributed by atoms with Crippen molar-refractivity contribution in [1.82, 2.24) is 4.90 Å². The number of nitrogens with zero attached hydrogens (tertiary/aromatic N) is 2. The van der Waals surface area contributed by atoms with E-state index in [0.29, 0.717) is 6.07 Å². The Labute approximate surface area is 107 Å². The molecule has 19 heavy (non-hydrogen) atoms. The summed E-state index contributed by atoms with van der Waals surface area (Å²) in [6.07, 6.45) is 0. The predicted octanol–water partition coefficient (Wildman–Crippen LogP) is 0.0838. The van der Waals surface area contributed by atoms with Crippen LogP contribution in [0.5, 0.6) is 0 Å². The van der Waals surface area contributed by atoms with Gasteiger partial charge in [0.15, 0.2) is 5.82 Å². The number of carbonyl (C=O) groups is 1. The van der Waals surface area contributed by atoms with Gasteiger partial charge >= 0.3 is 0 Å². The summed E-state index contributed by atoms with van der Waals surface area (Å²) in [6.45, 7) is -0.294. The van der Waals surface area contributed by atoms with E-state index in [1.54, 1.807) is 0 Å². The van der Waals surface area contributed by atoms with Crippen molar-refractivity contribution >= 4 is 17.3 Å². The third-order valence-electron chi connectivity index (χ3n) is 2.45. The zero-order valence-corrected chi connectivity index (χ0v) is 10.1. The van der Waals surface area contributed by atoms with Crippen molar-refractivity contribution in [3.8, 4) is 0 Å². The molecule has 1 aromatic carbocycles. The number of hydrazine groups is 1. The first kappa shape index (κ1) is 14.8. The van der Waals surface area contributed by atoms with Crippen molar-refractivity contribution in [2.24, 2.45) is 5.84 Å². The van der Waals surface area contributed by atoms with E-state index in [2.05, 4.69) is 0 Å². The van der Waals surface area contributed by atoms with Crippen LogP contribution in [0, 0.1) is 15.9 Å². The van der Waals surface area contributed by atoms with Gasteiger partial charge in [-0.2, -0.15) is 0 Å². The van der Waals surface area contributed by atoms with Crippen LogP contribution in [-0.4, -0.2) is 41.0 Å². The molecule has 0 saturated heterocycles. The summed E-state index contributed by atoms with van der Waals surface area (Å²) in [5.74, 6) is 3.41. The molecule has 0 radical (unpaired) electrons. The Hall–Kier alpha value is -2.26. The number of aliphatic hydroxyl groups is 1. The molecule has 0 spiro atoms. The highest BCUT2D eigenvalue weighted by molar-refractivity contribution is 5.99. The average Bonchev–Trinajstić information content (AvgIpc) is 2.37. The zero-order chi connectivity index (χ0) is 14.6. The Morgan fingerprint density at radius 3 is 2.74 bits per heavy atom. The first-order chi connectivity index (χ1) is 8.92. The number of amides is 1. The van der Waals surface area contributed by atoms with Gasteiger partial charge in [0.25, 0.3) is 11.6 Å². The maximum absolute atomic E-state index is 13.4. The highest BCUT2D eigenvalue weighted by atomic mass is 19.1. The van der Waals surface area contributed by atoms with Crippen molar-refractivity contribution in [3.63, 3.8) is 0 Å². The summed E-state index contributed by atoms with van der Waals surface area (Å²) in [5, 5.41) is 19.6. The Morgan fingerprint density at radius 2 is 2.26 bits per heavy atom. The molecule has 0 saturated carbocycles. The highest BCUT2D eigenvalue weighted by Crippen LogP contribution is 2.26. The number of nitrogens with one attached hydrogen (secondary N) is 1. The molecule has 0 aliphatic carbocycles. The second-order valence-electron chi connectivity index (χ2n) is 3.70. The van der Waals surface area contributed by atoms with E-state index in [1.807, 2.05) is 5.43 Å². The first-order valence-electron chi connectivity index (χ1n) is 5.23. The number of nitrogens with two attached hydrogens (primary N) is 1. The summed E-state index contributed by atoms with van der Waals surface area (Å²) in [7, 11) is 1.36. The van der Waals surface area contributed by atoms with Crippen molar-refractivity contribution in [2.45, 2.75) is 0 Å². The number of nitro groups is 1. The fourth-order valence-corrected chi connectivity index (χ4v) is 1.45. The van der Waals surface area contributed by atoms with E-state index in [9.17, 15) is 19.3 Å². The van der Waals surface area contributed by atoms with E-state index < -0.39 is 22.3 Å². The molecule has 0 heterocycles. The van der Waals surface area contributed by atoms with Crippen LogP contribution in [0.4, 0.5) is 15.8 Å². The molecule has 0 aliphatic rings. The van der Waals surface area contributed by atoms with Gasteiger partial charge in [-0.1, -0.05) is 0 Å². The Balaban J connectivity index is 3.31. The van der Waals surface area contributed by atoms with Gasteiger partial charge in [0.2, 0.25) is 0 Å². The molecular formula is C10H13FN4O4. The molecule has 1 amide bonds. The van der Waals surface area contributed by atoms with Crippen LogP contribution in [0.2, 0.25) is 0 Å². The number of aliphatic hydroxyl groups excluding tert-OH is 1. The van der Waals surface area contributed by atoms with Gasteiger partial charge in [0.1, 0.15) is 5.56 Å². The van der Waals surface area contributed by atoms with Crippen LogP contribution in [0.3, 0.4) is 0 Å². The molecule has 0 fully saturated rings. The number of nitro benzene ring substituents is 1. The lowest BCUT2D eigenvalue weighted by Gasteiger charge is -2.16. The number of carbonyl (C=O) groups excluding carboxylic acids is 1. The minimum atomic E-state index is -0.935. The van der Waals surface area contributed by atoms with Crippen molar-refractivity contribution in [2.75, 3.05) is 25.6 Å². The summed E-state index contributed by atoms with van der Waals surface area (Å²) in [5.41, 5.74) is 0.809. The largest absolute Gasteiger partial charge is 0.395 e. The molecule has 0 aromatic heterocycles. The quantitative estimate of drug-likeness (QED) is 0.396. The van der Waals surface area contributed by atoms with E-state index in [-0.39, 0.29) is 24.4 Å². The summed E-state index contributed by atoms with van der Waals surface area (Å²) in [4.78, 5) is 23.0. The average molecular weight is 272 g/mol. The number of benzene rings is 1. The molecule has 0 unspecified atom stereocenters. The number of anilines is 1. The van der Waals surface area contributed by atoms with Gasteiger partial charge in [-0.25, -0.2) is 4.39 Å². The molecule has 1 aromatic rings. The molecule has 4 N–H and O–H groups in total. The highest BCUT2D eigenvalue weighted by Gasteiger charge is 2.25. The monoisotopic (exact) mass is 272 g/mol. The summed E-state index contributed by atoms with van der Waals surface area (Å²) >= 11 is 0. The second-order valence-corrected chi connectivity index (χ2v) is 3.70. The van der Waals surface area contributed by atoms with Gasteiger partial charge in [-0.15, -0.1) is 0 Å². The van der Waals surface area contributed by atoms with Gasteiger partial charge in [-0.05, 0) is 6.07 Å². The van der Waals surface area contributed by atoms with Gasteiger partial charge in [0.05, 0.1) is 23.3 Å². The summed E-state index contributed by atoms with van der Waals surface area (Å²) in [6, 6.07) is 1.58. The van der Waals surface area contributed by atoms with Crippen LogP contribution >= 0.6 is 0 Å². The third kappa shape index (κ3) is 3.14. The topological polar surface area (TPSA) is 122 Å². The number of halogens is 1. The van der Waals surface area contributed by atoms with E-state index in [1.165, 1.54) is 7.05 Å². The SMILES string of the molecule is CN(CCO)C(=O)c1cc(NN)c(F)cc1[N+](=O)[O-]. The van der Waals surface area contributed by atoms with Crippen LogP contribution < -0.4 is 11.3 Å². The lowest BCUT2D eigenvalue weighted by molar-refractivity contribution is -0.385. The smallest absolute Gasteiger partial charge is 0.285 e. The molecule has 0 bridgehead atoms. The van der Waals surface area contributed by atoms with Crippen LogP contribution in [0.15, 0.2) is 12.1 Å². The molecule has 8 nitrogen and oxygen atoms in total. The lowest BCUT2D eigenvalue weighted by atomic mass is 10.1. The second kappa shape index (κ2) is 6.07. The summed E-state index contributed by atoms with van der Waals surface area (Å²) < 4.78 is 13.4. The molecular weight excluding hydrogens is 259 g/mol. The van der Waals surface area contributed by atoms with Gasteiger partial charge in [-0.3, -0.25) is 20.8 Å². The van der Waals surface area contributed by atoms with E-state index in [0.717, 1.165) is 11.0 Å². The number of hydrogen-bond acceptors (Lipinski definition) is 6. The van der Waals surface area contributed by atoms with Crippen LogP contribution in [0.1, 0.15) is 10.4 Å².